The molecule has 1 N–H and O–H groups in total. The maximum Gasteiger partial charge on any atom is 0.161 e. The van der Waals surface area contributed by atoms with Crippen molar-refractivity contribution in [3.05, 3.63) is 47.7 Å². The van der Waals surface area contributed by atoms with Gasteiger partial charge in [-0.1, -0.05) is 6.08 Å². The maximum atomic E-state index is 9.68. The molecule has 1 aromatic carbocycles. The summed E-state index contributed by atoms with van der Waals surface area (Å²) in [4.78, 5) is 9.21. The van der Waals surface area contributed by atoms with Gasteiger partial charge in [0, 0.05) is 29.4 Å². The second-order valence-electron chi connectivity index (χ2n) is 5.23. The number of phenols is 1. The maximum absolute atomic E-state index is 9.68. The van der Waals surface area contributed by atoms with Crippen molar-refractivity contribution < 1.29 is 9.84 Å². The van der Waals surface area contributed by atoms with Crippen LogP contribution in [0.25, 0.3) is 0 Å². The van der Waals surface area contributed by atoms with Crippen LogP contribution in [0.15, 0.2) is 52.1 Å². The van der Waals surface area contributed by atoms with Gasteiger partial charge in [-0.15, -0.1) is 0 Å². The molecule has 0 amide bonds. The molecule has 0 radical (unpaired) electrons. The Morgan fingerprint density at radius 2 is 2.14 bits per heavy atom. The van der Waals surface area contributed by atoms with Crippen molar-refractivity contribution in [2.45, 2.75) is 13.3 Å². The Labute approximate surface area is 124 Å². The summed E-state index contributed by atoms with van der Waals surface area (Å²) in [5.74, 6) is 0.983. The summed E-state index contributed by atoms with van der Waals surface area (Å²) in [7, 11) is 1.54. The Bertz CT molecular complexity index is 684. The van der Waals surface area contributed by atoms with Gasteiger partial charge in [0.25, 0.3) is 0 Å². The molecule has 2 aliphatic heterocycles. The topological polar surface area (TPSA) is 54.2 Å². The van der Waals surface area contributed by atoms with E-state index in [4.69, 9.17) is 4.74 Å². The van der Waals surface area contributed by atoms with E-state index in [1.54, 1.807) is 19.2 Å². The minimum absolute atomic E-state index is 0.136. The molecule has 1 aromatic rings. The van der Waals surface area contributed by atoms with Crippen LogP contribution in [-0.2, 0) is 0 Å². The number of hydrogen-bond donors (Lipinski definition) is 1. The van der Waals surface area contributed by atoms with Crippen molar-refractivity contribution in [1.29, 1.82) is 0 Å². The van der Waals surface area contributed by atoms with Crippen molar-refractivity contribution in [1.82, 2.24) is 0 Å². The Morgan fingerprint density at radius 3 is 2.95 bits per heavy atom. The Kier molecular flexibility index (Phi) is 3.60. The average molecular weight is 282 g/mol. The van der Waals surface area contributed by atoms with Crippen LogP contribution in [0.1, 0.15) is 18.9 Å². The lowest BCUT2D eigenvalue weighted by Crippen LogP contribution is -2.12. The highest BCUT2D eigenvalue weighted by molar-refractivity contribution is 6.13. The van der Waals surface area contributed by atoms with Crippen molar-refractivity contribution in [2.24, 2.45) is 15.9 Å². The second kappa shape index (κ2) is 5.56. The Morgan fingerprint density at radius 1 is 1.29 bits per heavy atom. The molecule has 108 valence electrons. The largest absolute Gasteiger partial charge is 0.504 e. The van der Waals surface area contributed by atoms with Crippen LogP contribution in [0.5, 0.6) is 11.5 Å². The molecule has 0 bridgehead atoms. The molecule has 0 fully saturated rings. The number of benzene rings is 1. The fourth-order valence-electron chi connectivity index (χ4n) is 2.66. The number of allylic oxidation sites excluding steroid dienone is 4. The number of methoxy groups -OCH3 is 1. The Hall–Kier alpha value is -2.36. The molecule has 4 nitrogen and oxygen atoms in total. The van der Waals surface area contributed by atoms with Crippen molar-refractivity contribution in [3.63, 3.8) is 0 Å². The molecule has 1 atom stereocenters. The third kappa shape index (κ3) is 2.75. The molecule has 0 spiro atoms. The first-order valence-corrected chi connectivity index (χ1v) is 7.04. The second-order valence-corrected chi connectivity index (χ2v) is 5.23. The number of phenolic OH excluding ortho intramolecular Hbond substituents is 1. The van der Waals surface area contributed by atoms with Crippen LogP contribution in [0, 0.1) is 5.92 Å². The quantitative estimate of drug-likeness (QED) is 0.906. The van der Waals surface area contributed by atoms with Crippen LogP contribution in [0.2, 0.25) is 0 Å². The molecular weight excluding hydrogens is 264 g/mol. The lowest BCUT2D eigenvalue weighted by Gasteiger charge is -2.12. The van der Waals surface area contributed by atoms with Crippen molar-refractivity contribution in [2.75, 3.05) is 13.7 Å². The van der Waals surface area contributed by atoms with E-state index < -0.39 is 0 Å². The number of nitrogens with zero attached hydrogens (tertiary/aromatic N) is 2. The van der Waals surface area contributed by atoms with Gasteiger partial charge in [0.2, 0.25) is 0 Å². The van der Waals surface area contributed by atoms with Gasteiger partial charge in [-0.2, -0.15) is 0 Å². The number of ether oxygens (including phenoxy) is 1. The van der Waals surface area contributed by atoms with Gasteiger partial charge in [-0.05, 0) is 43.7 Å². The molecule has 2 heterocycles. The molecule has 1 unspecified atom stereocenters. The van der Waals surface area contributed by atoms with Crippen LogP contribution in [0.3, 0.4) is 0 Å². The zero-order valence-electron chi connectivity index (χ0n) is 12.2. The van der Waals surface area contributed by atoms with Crippen LogP contribution < -0.4 is 4.74 Å². The molecule has 0 aromatic heterocycles. The molecule has 2 aliphatic rings. The van der Waals surface area contributed by atoms with E-state index in [0.29, 0.717) is 11.7 Å². The fraction of sp³-hybridized carbons (Fsp3) is 0.294. The summed E-state index contributed by atoms with van der Waals surface area (Å²) < 4.78 is 5.15. The van der Waals surface area contributed by atoms with E-state index >= 15 is 0 Å². The highest BCUT2D eigenvalue weighted by atomic mass is 16.5. The molecule has 0 aliphatic carbocycles. The van der Waals surface area contributed by atoms with Gasteiger partial charge in [0.1, 0.15) is 0 Å². The number of fused-ring (bicyclic) bond motifs is 1. The standard InChI is InChI=1S/C17H18N2O2/c1-11-9-13-7-8-18-14(4-5-15(13)19-11)12-3-6-16(20)17(10-12)21-2/h3-6,9-10,13,20H,7-8H2,1-2H3/b5-4-,18-14?. The lowest BCUT2D eigenvalue weighted by atomic mass is 9.97. The van der Waals surface area contributed by atoms with Crippen molar-refractivity contribution >= 4 is 11.4 Å². The molecule has 21 heavy (non-hydrogen) atoms. The minimum atomic E-state index is 0.136. The smallest absolute Gasteiger partial charge is 0.161 e. The first-order valence-electron chi connectivity index (χ1n) is 7.04. The summed E-state index contributed by atoms with van der Waals surface area (Å²) in [5, 5.41) is 9.68. The normalized spacial score (nSPS) is 22.4. The molecular formula is C17H18N2O2. The fourth-order valence-corrected chi connectivity index (χ4v) is 2.66. The zero-order valence-corrected chi connectivity index (χ0v) is 12.2. The minimum Gasteiger partial charge on any atom is -0.504 e. The summed E-state index contributed by atoms with van der Waals surface area (Å²) in [6.45, 7) is 2.79. The van der Waals surface area contributed by atoms with Gasteiger partial charge in [-0.3, -0.25) is 9.98 Å². The number of rotatable bonds is 2. The first-order chi connectivity index (χ1) is 10.2. The molecule has 0 saturated heterocycles. The number of hydrogen-bond acceptors (Lipinski definition) is 4. The third-order valence-corrected chi connectivity index (χ3v) is 3.74. The Balaban J connectivity index is 1.91. The van der Waals surface area contributed by atoms with Gasteiger partial charge in [-0.25, -0.2) is 0 Å². The highest BCUT2D eigenvalue weighted by Gasteiger charge is 2.18. The SMILES string of the molecule is COc1cc(C2=NCCC3C=C(C)N=C3/C=C\2)ccc1O. The molecule has 0 saturated carbocycles. The van der Waals surface area contributed by atoms with E-state index in [-0.39, 0.29) is 5.75 Å². The van der Waals surface area contributed by atoms with Gasteiger partial charge >= 0.3 is 0 Å². The predicted octanol–water partition coefficient (Wildman–Crippen LogP) is 3.12. The van der Waals surface area contributed by atoms with E-state index in [2.05, 4.69) is 16.1 Å². The summed E-state index contributed by atoms with van der Waals surface area (Å²) in [6.07, 6.45) is 7.20. The third-order valence-electron chi connectivity index (χ3n) is 3.74. The van der Waals surface area contributed by atoms with Crippen LogP contribution >= 0.6 is 0 Å². The number of aromatic hydroxyl groups is 1. The summed E-state index contributed by atoms with van der Waals surface area (Å²) in [5.41, 5.74) is 4.00. The highest BCUT2D eigenvalue weighted by Crippen LogP contribution is 2.27. The lowest BCUT2D eigenvalue weighted by molar-refractivity contribution is 0.373. The van der Waals surface area contributed by atoms with E-state index in [0.717, 1.165) is 35.6 Å². The van der Waals surface area contributed by atoms with Gasteiger partial charge in [0.05, 0.1) is 12.8 Å². The zero-order chi connectivity index (χ0) is 14.8. The van der Waals surface area contributed by atoms with Crippen molar-refractivity contribution in [3.8, 4) is 11.5 Å². The van der Waals surface area contributed by atoms with E-state index in [1.807, 2.05) is 25.1 Å². The first kappa shape index (κ1) is 13.6. The van der Waals surface area contributed by atoms with E-state index in [9.17, 15) is 5.11 Å². The van der Waals surface area contributed by atoms with Crippen LogP contribution in [-0.4, -0.2) is 30.2 Å². The summed E-state index contributed by atoms with van der Waals surface area (Å²) >= 11 is 0. The van der Waals surface area contributed by atoms with Gasteiger partial charge in [0.15, 0.2) is 11.5 Å². The van der Waals surface area contributed by atoms with Crippen LogP contribution in [0.4, 0.5) is 0 Å². The summed E-state index contributed by atoms with van der Waals surface area (Å²) in [6, 6.07) is 5.28. The average Bonchev–Trinajstić information content (AvgIpc) is 2.80. The number of aliphatic imine (C=N–C) groups is 2. The molecule has 4 heteroatoms. The van der Waals surface area contributed by atoms with E-state index in [1.165, 1.54) is 0 Å². The predicted molar refractivity (Wildman–Crippen MR) is 84.5 cm³/mol. The van der Waals surface area contributed by atoms with Gasteiger partial charge < -0.3 is 9.84 Å². The molecule has 3 rings (SSSR count). The monoisotopic (exact) mass is 282 g/mol.